The first kappa shape index (κ1) is 21.7. The standard InChI is InChI=1S/C15H9Br3S.C7H4BrNS/c16-8-12-13(15(18)19-14(12)17)11-7-3-5-9-4-1-2-6-10(9)11;8-7-9-5-3-1-2-4-6(5)10-7/h1-7H,8H2;1-4H. The van der Waals surface area contributed by atoms with Gasteiger partial charge in [-0.15, -0.1) is 22.7 Å². The minimum atomic E-state index is 0.842. The van der Waals surface area contributed by atoms with Crippen LogP contribution in [0, 0.1) is 0 Å². The van der Waals surface area contributed by atoms with Gasteiger partial charge in [-0.3, -0.25) is 0 Å². The maximum atomic E-state index is 4.25. The van der Waals surface area contributed by atoms with E-state index in [1.807, 2.05) is 18.2 Å². The van der Waals surface area contributed by atoms with E-state index in [1.54, 1.807) is 22.7 Å². The molecule has 7 heteroatoms. The molecule has 0 aliphatic rings. The van der Waals surface area contributed by atoms with E-state index in [1.165, 1.54) is 39.7 Å². The zero-order valence-corrected chi connectivity index (χ0v) is 22.8. The number of para-hydroxylation sites is 1. The Bertz CT molecular complexity index is 1250. The smallest absolute Gasteiger partial charge is 0.160 e. The van der Waals surface area contributed by atoms with Crippen LogP contribution in [0.4, 0.5) is 0 Å². The number of thiophene rings is 1. The van der Waals surface area contributed by atoms with Gasteiger partial charge in [-0.2, -0.15) is 0 Å². The maximum absolute atomic E-state index is 4.25. The van der Waals surface area contributed by atoms with Crippen LogP contribution < -0.4 is 0 Å². The van der Waals surface area contributed by atoms with Crippen molar-refractivity contribution >= 4 is 107 Å². The van der Waals surface area contributed by atoms with Gasteiger partial charge >= 0.3 is 0 Å². The maximum Gasteiger partial charge on any atom is 0.160 e. The van der Waals surface area contributed by atoms with Gasteiger partial charge in [-0.1, -0.05) is 70.5 Å². The summed E-state index contributed by atoms with van der Waals surface area (Å²) in [6.45, 7) is 0. The van der Waals surface area contributed by atoms with E-state index in [0.717, 1.165) is 14.8 Å². The summed E-state index contributed by atoms with van der Waals surface area (Å²) in [7, 11) is 0. The molecule has 0 saturated heterocycles. The van der Waals surface area contributed by atoms with Crippen LogP contribution in [0.2, 0.25) is 0 Å². The molecule has 5 aromatic rings. The number of hydrogen-bond donors (Lipinski definition) is 0. The quantitative estimate of drug-likeness (QED) is 0.170. The van der Waals surface area contributed by atoms with Crippen molar-refractivity contribution in [2.45, 2.75) is 5.33 Å². The molecule has 0 bridgehead atoms. The van der Waals surface area contributed by atoms with Crippen molar-refractivity contribution < 1.29 is 0 Å². The lowest BCUT2D eigenvalue weighted by Crippen LogP contribution is -1.84. The van der Waals surface area contributed by atoms with Crippen LogP contribution in [0.1, 0.15) is 5.56 Å². The van der Waals surface area contributed by atoms with Crippen molar-refractivity contribution in [1.29, 1.82) is 0 Å². The van der Waals surface area contributed by atoms with Gasteiger partial charge in [-0.25, -0.2) is 4.98 Å². The van der Waals surface area contributed by atoms with Crippen molar-refractivity contribution in [3.8, 4) is 11.1 Å². The molecule has 0 amide bonds. The highest BCUT2D eigenvalue weighted by atomic mass is 79.9. The third-order valence-electron chi connectivity index (χ3n) is 4.38. The molecule has 146 valence electrons. The molecule has 3 aromatic carbocycles. The number of fused-ring (bicyclic) bond motifs is 2. The van der Waals surface area contributed by atoms with Crippen molar-refractivity contribution in [3.05, 3.63) is 83.8 Å². The molecule has 0 radical (unpaired) electrons. The lowest BCUT2D eigenvalue weighted by Gasteiger charge is -2.08. The molecular formula is C22H13Br4NS2. The van der Waals surface area contributed by atoms with Crippen LogP contribution in [-0.2, 0) is 5.33 Å². The molecule has 0 fully saturated rings. The number of thiazole rings is 1. The van der Waals surface area contributed by atoms with E-state index in [2.05, 4.69) is 117 Å². The third kappa shape index (κ3) is 4.70. The van der Waals surface area contributed by atoms with Crippen molar-refractivity contribution in [1.82, 2.24) is 4.98 Å². The van der Waals surface area contributed by atoms with Crippen LogP contribution >= 0.6 is 86.4 Å². The molecule has 0 N–H and O–H groups in total. The van der Waals surface area contributed by atoms with E-state index in [4.69, 9.17) is 0 Å². The van der Waals surface area contributed by atoms with Gasteiger partial charge in [0, 0.05) is 10.9 Å². The minimum absolute atomic E-state index is 0.842. The number of benzene rings is 3. The Morgan fingerprint density at radius 3 is 2.28 bits per heavy atom. The Labute approximate surface area is 210 Å². The van der Waals surface area contributed by atoms with Crippen LogP contribution in [0.15, 0.2) is 78.2 Å². The van der Waals surface area contributed by atoms with Gasteiger partial charge in [0.2, 0.25) is 0 Å². The highest BCUT2D eigenvalue weighted by molar-refractivity contribution is 9.12. The lowest BCUT2D eigenvalue weighted by atomic mass is 9.98. The molecule has 0 unspecified atom stereocenters. The lowest BCUT2D eigenvalue weighted by molar-refractivity contribution is 1.45. The molecule has 0 spiro atoms. The average Bonchev–Trinajstić information content (AvgIpc) is 3.25. The summed E-state index contributed by atoms with van der Waals surface area (Å²) < 4.78 is 4.53. The summed E-state index contributed by atoms with van der Waals surface area (Å²) in [5.74, 6) is 0. The molecule has 5 rings (SSSR count). The van der Waals surface area contributed by atoms with Gasteiger partial charge < -0.3 is 0 Å². The number of nitrogens with zero attached hydrogens (tertiary/aromatic N) is 1. The molecule has 2 heterocycles. The first-order chi connectivity index (χ1) is 14.1. The van der Waals surface area contributed by atoms with E-state index in [9.17, 15) is 0 Å². The zero-order chi connectivity index (χ0) is 20.4. The molecule has 1 nitrogen and oxygen atoms in total. The molecule has 0 aliphatic heterocycles. The monoisotopic (exact) mass is 671 g/mol. The Morgan fingerprint density at radius 2 is 1.48 bits per heavy atom. The van der Waals surface area contributed by atoms with E-state index < -0.39 is 0 Å². The average molecular weight is 675 g/mol. The predicted molar refractivity (Wildman–Crippen MR) is 143 cm³/mol. The fraction of sp³-hybridized carbons (Fsp3) is 0.0455. The van der Waals surface area contributed by atoms with Crippen molar-refractivity contribution in [3.63, 3.8) is 0 Å². The molecule has 0 aliphatic carbocycles. The van der Waals surface area contributed by atoms with Gasteiger partial charge in [0.1, 0.15) is 0 Å². The number of alkyl halides is 1. The molecule has 0 saturated carbocycles. The largest absolute Gasteiger partial charge is 0.229 e. The van der Waals surface area contributed by atoms with Gasteiger partial charge in [0.15, 0.2) is 3.92 Å². The van der Waals surface area contributed by atoms with Crippen LogP contribution in [0.5, 0.6) is 0 Å². The summed E-state index contributed by atoms with van der Waals surface area (Å²) in [5.41, 5.74) is 4.93. The Balaban J connectivity index is 0.000000171. The molecule has 2 aromatic heterocycles. The second kappa shape index (κ2) is 9.71. The fourth-order valence-corrected chi connectivity index (χ4v) is 8.81. The third-order valence-corrected chi connectivity index (χ3v) is 9.08. The topological polar surface area (TPSA) is 12.9 Å². The minimum Gasteiger partial charge on any atom is -0.229 e. The van der Waals surface area contributed by atoms with Crippen LogP contribution in [0.25, 0.3) is 32.1 Å². The summed E-state index contributed by atoms with van der Waals surface area (Å²) in [5, 5.41) is 3.40. The molecule has 29 heavy (non-hydrogen) atoms. The predicted octanol–water partition coefficient (Wildman–Crippen LogP) is 10.0. The van der Waals surface area contributed by atoms with E-state index in [-0.39, 0.29) is 0 Å². The summed E-state index contributed by atoms with van der Waals surface area (Å²) in [6, 6.07) is 23.1. The number of aromatic nitrogens is 1. The zero-order valence-electron chi connectivity index (χ0n) is 14.8. The van der Waals surface area contributed by atoms with Gasteiger partial charge in [0.05, 0.1) is 17.8 Å². The van der Waals surface area contributed by atoms with Gasteiger partial charge in [-0.05, 0) is 81.8 Å². The second-order valence-electron chi connectivity index (χ2n) is 6.10. The normalized spacial score (nSPS) is 10.9. The highest BCUT2D eigenvalue weighted by Gasteiger charge is 2.17. The number of hydrogen-bond acceptors (Lipinski definition) is 3. The Kier molecular flexibility index (Phi) is 7.25. The van der Waals surface area contributed by atoms with Gasteiger partial charge in [0.25, 0.3) is 0 Å². The summed E-state index contributed by atoms with van der Waals surface area (Å²) in [4.78, 5) is 4.25. The summed E-state index contributed by atoms with van der Waals surface area (Å²) >= 11 is 17.7. The highest BCUT2D eigenvalue weighted by Crippen LogP contribution is 2.45. The van der Waals surface area contributed by atoms with Crippen LogP contribution in [0.3, 0.4) is 0 Å². The Morgan fingerprint density at radius 1 is 0.759 bits per heavy atom. The first-order valence-electron chi connectivity index (χ1n) is 8.60. The van der Waals surface area contributed by atoms with E-state index in [0.29, 0.717) is 0 Å². The van der Waals surface area contributed by atoms with E-state index >= 15 is 0 Å². The SMILES string of the molecule is BrCc1c(Br)sc(Br)c1-c1cccc2ccccc12.Brc1nc2ccccc2s1. The van der Waals surface area contributed by atoms with Crippen molar-refractivity contribution in [2.75, 3.05) is 0 Å². The number of halogens is 4. The molecular weight excluding hydrogens is 662 g/mol. The number of rotatable bonds is 2. The molecule has 0 atom stereocenters. The second-order valence-corrected chi connectivity index (χ2v) is 12.6. The Hall–Kier alpha value is -0.570. The van der Waals surface area contributed by atoms with Crippen LogP contribution in [-0.4, -0.2) is 4.98 Å². The van der Waals surface area contributed by atoms with Crippen molar-refractivity contribution in [2.24, 2.45) is 0 Å². The summed E-state index contributed by atoms with van der Waals surface area (Å²) in [6.07, 6.45) is 0. The fourth-order valence-electron chi connectivity index (χ4n) is 3.08. The first-order valence-corrected chi connectivity index (χ1v) is 13.7.